The Morgan fingerprint density at radius 3 is 3.05 bits per heavy atom. The van der Waals surface area contributed by atoms with Crippen LogP contribution in [0.3, 0.4) is 0 Å². The predicted octanol–water partition coefficient (Wildman–Crippen LogP) is 1.11. The Kier molecular flexibility index (Phi) is 3.96. The summed E-state index contributed by atoms with van der Waals surface area (Å²) in [5.74, 6) is 0.723. The molecular formula is C15H18N4O2. The Balaban J connectivity index is 1.80. The number of aliphatic hydroxyl groups excluding tert-OH is 1. The zero-order valence-corrected chi connectivity index (χ0v) is 11.7. The standard InChI is InChI=1S/C15H18N4O2/c20-11-12-4-2-8-18(10-12)15(21)13-5-1-6-14(17-13)19-9-3-7-16-19/h1,3,5-7,9,12,20H,2,4,8,10-11H2. The molecular weight excluding hydrogens is 268 g/mol. The maximum Gasteiger partial charge on any atom is 0.272 e. The van der Waals surface area contributed by atoms with Crippen LogP contribution in [-0.4, -0.2) is 50.4 Å². The lowest BCUT2D eigenvalue weighted by Gasteiger charge is -2.31. The molecule has 0 bridgehead atoms. The molecule has 1 fully saturated rings. The van der Waals surface area contributed by atoms with Crippen LogP contribution in [0, 0.1) is 5.92 Å². The van der Waals surface area contributed by atoms with Gasteiger partial charge in [0.05, 0.1) is 0 Å². The first kappa shape index (κ1) is 13.8. The Morgan fingerprint density at radius 2 is 2.29 bits per heavy atom. The van der Waals surface area contributed by atoms with E-state index in [-0.39, 0.29) is 18.4 Å². The SMILES string of the molecule is O=C(c1cccc(-n2cccn2)n1)N1CCCC(CO)C1. The van der Waals surface area contributed by atoms with Crippen LogP contribution in [0.2, 0.25) is 0 Å². The fraction of sp³-hybridized carbons (Fsp3) is 0.400. The third-order valence-electron chi connectivity index (χ3n) is 3.76. The van der Waals surface area contributed by atoms with Crippen molar-refractivity contribution in [1.82, 2.24) is 19.7 Å². The molecule has 1 saturated heterocycles. The van der Waals surface area contributed by atoms with Gasteiger partial charge in [-0.05, 0) is 37.0 Å². The Hall–Kier alpha value is -2.21. The zero-order chi connectivity index (χ0) is 14.7. The van der Waals surface area contributed by atoms with E-state index in [2.05, 4.69) is 10.1 Å². The molecule has 1 aliphatic heterocycles. The molecule has 3 heterocycles. The molecule has 2 aromatic rings. The number of rotatable bonds is 3. The second-order valence-corrected chi connectivity index (χ2v) is 5.27. The number of carbonyl (C=O) groups is 1. The van der Waals surface area contributed by atoms with Crippen LogP contribution in [0.25, 0.3) is 5.82 Å². The van der Waals surface area contributed by atoms with Crippen LogP contribution in [-0.2, 0) is 0 Å². The smallest absolute Gasteiger partial charge is 0.272 e. The molecule has 1 amide bonds. The first-order valence-corrected chi connectivity index (χ1v) is 7.15. The molecule has 0 saturated carbocycles. The van der Waals surface area contributed by atoms with Crippen molar-refractivity contribution in [2.75, 3.05) is 19.7 Å². The molecule has 110 valence electrons. The average molecular weight is 286 g/mol. The highest BCUT2D eigenvalue weighted by molar-refractivity contribution is 5.92. The van der Waals surface area contributed by atoms with Crippen LogP contribution in [0.1, 0.15) is 23.3 Å². The first-order valence-electron chi connectivity index (χ1n) is 7.15. The summed E-state index contributed by atoms with van der Waals surface area (Å²) in [6.07, 6.45) is 5.36. The van der Waals surface area contributed by atoms with Gasteiger partial charge in [0.1, 0.15) is 5.69 Å². The monoisotopic (exact) mass is 286 g/mol. The van der Waals surface area contributed by atoms with Crippen molar-refractivity contribution in [3.63, 3.8) is 0 Å². The van der Waals surface area contributed by atoms with Gasteiger partial charge in [-0.2, -0.15) is 5.10 Å². The fourth-order valence-electron chi connectivity index (χ4n) is 2.63. The summed E-state index contributed by atoms with van der Waals surface area (Å²) in [5, 5.41) is 13.4. The van der Waals surface area contributed by atoms with Gasteiger partial charge in [-0.25, -0.2) is 9.67 Å². The minimum absolute atomic E-state index is 0.0813. The van der Waals surface area contributed by atoms with Gasteiger partial charge in [-0.1, -0.05) is 6.07 Å². The molecule has 0 aromatic carbocycles. The van der Waals surface area contributed by atoms with Crippen LogP contribution in [0.5, 0.6) is 0 Å². The second kappa shape index (κ2) is 6.05. The number of hydrogen-bond donors (Lipinski definition) is 1. The van der Waals surface area contributed by atoms with Gasteiger partial charge >= 0.3 is 0 Å². The molecule has 6 nitrogen and oxygen atoms in total. The van der Waals surface area contributed by atoms with E-state index in [1.807, 2.05) is 18.2 Å². The number of pyridine rings is 1. The molecule has 1 N–H and O–H groups in total. The van der Waals surface area contributed by atoms with Crippen LogP contribution < -0.4 is 0 Å². The van der Waals surface area contributed by atoms with Crippen molar-refractivity contribution in [2.24, 2.45) is 5.92 Å². The molecule has 2 aromatic heterocycles. The van der Waals surface area contributed by atoms with Gasteiger partial charge in [0, 0.05) is 32.1 Å². The minimum Gasteiger partial charge on any atom is -0.396 e. The van der Waals surface area contributed by atoms with Gasteiger partial charge in [-0.15, -0.1) is 0 Å². The highest BCUT2D eigenvalue weighted by atomic mass is 16.3. The number of likely N-dealkylation sites (tertiary alicyclic amines) is 1. The van der Waals surface area contributed by atoms with Crippen LogP contribution >= 0.6 is 0 Å². The fourth-order valence-corrected chi connectivity index (χ4v) is 2.63. The van der Waals surface area contributed by atoms with E-state index in [1.165, 1.54) is 0 Å². The lowest BCUT2D eigenvalue weighted by Crippen LogP contribution is -2.41. The van der Waals surface area contributed by atoms with Gasteiger partial charge in [0.2, 0.25) is 0 Å². The van der Waals surface area contributed by atoms with Crippen molar-refractivity contribution in [3.05, 3.63) is 42.4 Å². The van der Waals surface area contributed by atoms with E-state index >= 15 is 0 Å². The number of nitrogens with zero attached hydrogens (tertiary/aromatic N) is 4. The summed E-state index contributed by atoms with van der Waals surface area (Å²) in [6.45, 7) is 1.45. The highest BCUT2D eigenvalue weighted by Crippen LogP contribution is 2.18. The molecule has 0 radical (unpaired) electrons. The molecule has 3 rings (SSSR count). The largest absolute Gasteiger partial charge is 0.396 e. The topological polar surface area (TPSA) is 71.2 Å². The summed E-state index contributed by atoms with van der Waals surface area (Å²) >= 11 is 0. The van der Waals surface area contributed by atoms with E-state index in [9.17, 15) is 9.90 Å². The van der Waals surface area contributed by atoms with Crippen molar-refractivity contribution < 1.29 is 9.90 Å². The van der Waals surface area contributed by atoms with E-state index < -0.39 is 0 Å². The van der Waals surface area contributed by atoms with E-state index in [0.29, 0.717) is 18.1 Å². The quantitative estimate of drug-likeness (QED) is 0.917. The maximum atomic E-state index is 12.5. The summed E-state index contributed by atoms with van der Waals surface area (Å²) < 4.78 is 1.63. The Labute approximate surface area is 123 Å². The van der Waals surface area contributed by atoms with Crippen molar-refractivity contribution >= 4 is 5.91 Å². The van der Waals surface area contributed by atoms with Gasteiger partial charge in [0.25, 0.3) is 5.91 Å². The third kappa shape index (κ3) is 2.95. The van der Waals surface area contributed by atoms with Gasteiger partial charge in [-0.3, -0.25) is 4.79 Å². The van der Waals surface area contributed by atoms with Crippen molar-refractivity contribution in [3.8, 4) is 5.82 Å². The predicted molar refractivity (Wildman–Crippen MR) is 77.1 cm³/mol. The lowest BCUT2D eigenvalue weighted by atomic mass is 9.99. The molecule has 21 heavy (non-hydrogen) atoms. The van der Waals surface area contributed by atoms with Gasteiger partial charge in [0.15, 0.2) is 5.82 Å². The number of piperidine rings is 1. The average Bonchev–Trinajstić information content (AvgIpc) is 3.09. The minimum atomic E-state index is -0.0813. The molecule has 0 spiro atoms. The van der Waals surface area contributed by atoms with Gasteiger partial charge < -0.3 is 10.0 Å². The van der Waals surface area contributed by atoms with E-state index in [0.717, 1.165) is 19.4 Å². The molecule has 1 aliphatic rings. The third-order valence-corrected chi connectivity index (χ3v) is 3.76. The second-order valence-electron chi connectivity index (χ2n) is 5.27. The van der Waals surface area contributed by atoms with Crippen molar-refractivity contribution in [1.29, 1.82) is 0 Å². The van der Waals surface area contributed by atoms with E-state index in [1.54, 1.807) is 28.0 Å². The van der Waals surface area contributed by atoms with Crippen LogP contribution in [0.15, 0.2) is 36.7 Å². The highest BCUT2D eigenvalue weighted by Gasteiger charge is 2.24. The molecule has 0 aliphatic carbocycles. The summed E-state index contributed by atoms with van der Waals surface area (Å²) in [5.41, 5.74) is 0.418. The maximum absolute atomic E-state index is 12.5. The zero-order valence-electron chi connectivity index (χ0n) is 11.7. The number of hydrogen-bond acceptors (Lipinski definition) is 4. The first-order chi connectivity index (χ1) is 10.3. The lowest BCUT2D eigenvalue weighted by molar-refractivity contribution is 0.0615. The summed E-state index contributed by atoms with van der Waals surface area (Å²) in [7, 11) is 0. The summed E-state index contributed by atoms with van der Waals surface area (Å²) in [4.78, 5) is 18.7. The van der Waals surface area contributed by atoms with Crippen molar-refractivity contribution in [2.45, 2.75) is 12.8 Å². The number of aliphatic hydroxyl groups is 1. The number of amides is 1. The Morgan fingerprint density at radius 1 is 1.38 bits per heavy atom. The molecule has 1 atom stereocenters. The van der Waals surface area contributed by atoms with Crippen LogP contribution in [0.4, 0.5) is 0 Å². The van der Waals surface area contributed by atoms with E-state index in [4.69, 9.17) is 0 Å². The number of aromatic nitrogens is 3. The number of carbonyl (C=O) groups excluding carboxylic acids is 1. The normalized spacial score (nSPS) is 18.7. The Bertz CT molecular complexity index is 612. The molecule has 1 unspecified atom stereocenters. The summed E-state index contributed by atoms with van der Waals surface area (Å²) in [6, 6.07) is 7.16. The molecule has 6 heteroatoms.